The average Bonchev–Trinajstić information content (AvgIpc) is 2.56. The number of nitrogens with zero attached hydrogens (tertiary/aromatic N) is 1. The second kappa shape index (κ2) is 9.90. The summed E-state index contributed by atoms with van der Waals surface area (Å²) in [6.45, 7) is 7.84. The molecule has 0 saturated heterocycles. The summed E-state index contributed by atoms with van der Waals surface area (Å²) in [4.78, 5) is 26.6. The Morgan fingerprint density at radius 1 is 1.12 bits per heavy atom. The van der Waals surface area contributed by atoms with E-state index in [0.717, 1.165) is 6.42 Å². The highest BCUT2D eigenvalue weighted by Gasteiger charge is 2.29. The highest BCUT2D eigenvalue weighted by molar-refractivity contribution is 6.36. The molecule has 134 valence electrons. The molecule has 24 heavy (non-hydrogen) atoms. The molecule has 0 radical (unpaired) electrons. The van der Waals surface area contributed by atoms with Crippen LogP contribution in [0.1, 0.15) is 52.5 Å². The number of rotatable bonds is 8. The standard InChI is InChI=1S/C18H26Cl2N2O2/c1-5-12(4)21-18(24)16(6-2)22(17(23)7-3)11-13-14(19)9-8-10-15(13)20/h8-10,12,16H,5-7,11H2,1-4H3,(H,21,24)/t12-,16-/m1/s1. The molecule has 6 heteroatoms. The molecule has 4 nitrogen and oxygen atoms in total. The van der Waals surface area contributed by atoms with Gasteiger partial charge in [-0.05, 0) is 31.9 Å². The summed E-state index contributed by atoms with van der Waals surface area (Å²) >= 11 is 12.5. The van der Waals surface area contributed by atoms with Crippen LogP contribution in [0.3, 0.4) is 0 Å². The molecule has 0 aliphatic heterocycles. The number of halogens is 2. The van der Waals surface area contributed by atoms with Crippen molar-refractivity contribution in [3.63, 3.8) is 0 Å². The Kier molecular flexibility index (Phi) is 8.57. The molecule has 0 aromatic heterocycles. The van der Waals surface area contributed by atoms with Gasteiger partial charge in [0.25, 0.3) is 0 Å². The normalized spacial score (nSPS) is 13.2. The van der Waals surface area contributed by atoms with Crippen LogP contribution in [0.25, 0.3) is 0 Å². The lowest BCUT2D eigenvalue weighted by atomic mass is 10.1. The zero-order chi connectivity index (χ0) is 18.3. The van der Waals surface area contributed by atoms with Crippen molar-refractivity contribution >= 4 is 35.0 Å². The maximum absolute atomic E-state index is 12.6. The van der Waals surface area contributed by atoms with Gasteiger partial charge in [-0.2, -0.15) is 0 Å². The zero-order valence-corrected chi connectivity index (χ0v) is 16.2. The molecule has 1 N–H and O–H groups in total. The molecule has 2 atom stereocenters. The van der Waals surface area contributed by atoms with Crippen molar-refractivity contribution in [1.82, 2.24) is 10.2 Å². The molecule has 0 unspecified atom stereocenters. The number of nitrogens with one attached hydrogen (secondary N) is 1. The predicted octanol–water partition coefficient (Wildman–Crippen LogP) is 4.43. The fourth-order valence-electron chi connectivity index (χ4n) is 2.42. The van der Waals surface area contributed by atoms with Gasteiger partial charge >= 0.3 is 0 Å². The minimum absolute atomic E-state index is 0.0639. The molecular weight excluding hydrogens is 347 g/mol. The quantitative estimate of drug-likeness (QED) is 0.733. The van der Waals surface area contributed by atoms with Gasteiger partial charge in [0, 0.05) is 34.6 Å². The van der Waals surface area contributed by atoms with Crippen molar-refractivity contribution < 1.29 is 9.59 Å². The maximum Gasteiger partial charge on any atom is 0.243 e. The van der Waals surface area contributed by atoms with E-state index in [9.17, 15) is 9.59 Å². The van der Waals surface area contributed by atoms with Crippen LogP contribution in [0, 0.1) is 0 Å². The lowest BCUT2D eigenvalue weighted by molar-refractivity contribution is -0.141. The Hall–Kier alpha value is -1.26. The molecule has 1 rings (SSSR count). The summed E-state index contributed by atoms with van der Waals surface area (Å²) in [7, 11) is 0. The SMILES string of the molecule is CCC(=O)N(Cc1c(Cl)cccc1Cl)[C@H](CC)C(=O)N[C@H](C)CC. The molecule has 0 saturated carbocycles. The summed E-state index contributed by atoms with van der Waals surface area (Å²) in [6, 6.07) is 4.75. The van der Waals surface area contributed by atoms with E-state index >= 15 is 0 Å². The third kappa shape index (κ3) is 5.38. The lowest BCUT2D eigenvalue weighted by Gasteiger charge is -2.31. The lowest BCUT2D eigenvalue weighted by Crippen LogP contribution is -2.50. The van der Waals surface area contributed by atoms with Crippen molar-refractivity contribution in [2.75, 3.05) is 0 Å². The van der Waals surface area contributed by atoms with Crippen molar-refractivity contribution in [3.8, 4) is 0 Å². The van der Waals surface area contributed by atoms with E-state index in [1.807, 2.05) is 20.8 Å². The maximum atomic E-state index is 12.6. The number of carbonyl (C=O) groups is 2. The number of amides is 2. The Balaban J connectivity index is 3.10. The minimum Gasteiger partial charge on any atom is -0.352 e. The van der Waals surface area contributed by atoms with E-state index in [1.165, 1.54) is 0 Å². The fraction of sp³-hybridized carbons (Fsp3) is 0.556. The van der Waals surface area contributed by atoms with E-state index in [4.69, 9.17) is 23.2 Å². The van der Waals surface area contributed by atoms with E-state index < -0.39 is 6.04 Å². The van der Waals surface area contributed by atoms with Crippen LogP contribution in [0.15, 0.2) is 18.2 Å². The van der Waals surface area contributed by atoms with Gasteiger partial charge in [-0.3, -0.25) is 9.59 Å². The van der Waals surface area contributed by atoms with Gasteiger partial charge in [0.1, 0.15) is 6.04 Å². The third-order valence-corrected chi connectivity index (χ3v) is 4.79. The number of hydrogen-bond donors (Lipinski definition) is 1. The van der Waals surface area contributed by atoms with Crippen molar-refractivity contribution in [2.45, 2.75) is 65.6 Å². The average molecular weight is 373 g/mol. The fourth-order valence-corrected chi connectivity index (χ4v) is 2.93. The molecular formula is C18H26Cl2N2O2. The van der Waals surface area contributed by atoms with Crippen LogP contribution in [0.5, 0.6) is 0 Å². The molecule has 0 aliphatic carbocycles. The molecule has 0 heterocycles. The monoisotopic (exact) mass is 372 g/mol. The van der Waals surface area contributed by atoms with Gasteiger partial charge < -0.3 is 10.2 Å². The van der Waals surface area contributed by atoms with E-state index in [1.54, 1.807) is 30.0 Å². The molecule has 2 amide bonds. The third-order valence-electron chi connectivity index (χ3n) is 4.08. The molecule has 1 aromatic rings. The van der Waals surface area contributed by atoms with Gasteiger partial charge in [0.15, 0.2) is 0 Å². The van der Waals surface area contributed by atoms with Crippen LogP contribution in [0.4, 0.5) is 0 Å². The van der Waals surface area contributed by atoms with Crippen LogP contribution in [0.2, 0.25) is 10.0 Å². The summed E-state index contributed by atoms with van der Waals surface area (Å²) in [5, 5.41) is 3.94. The highest BCUT2D eigenvalue weighted by Crippen LogP contribution is 2.27. The first-order valence-electron chi connectivity index (χ1n) is 8.38. The van der Waals surface area contributed by atoms with Gasteiger partial charge in [-0.1, -0.05) is 50.0 Å². The van der Waals surface area contributed by atoms with Gasteiger partial charge in [-0.15, -0.1) is 0 Å². The first-order valence-corrected chi connectivity index (χ1v) is 9.13. The molecule has 0 spiro atoms. The Labute approximate surface area is 154 Å². The second-order valence-electron chi connectivity index (χ2n) is 5.82. The molecule has 0 fully saturated rings. The summed E-state index contributed by atoms with van der Waals surface area (Å²) in [5.41, 5.74) is 0.664. The largest absolute Gasteiger partial charge is 0.352 e. The number of hydrogen-bond acceptors (Lipinski definition) is 2. The van der Waals surface area contributed by atoms with Gasteiger partial charge in [0.2, 0.25) is 11.8 Å². The Morgan fingerprint density at radius 2 is 1.71 bits per heavy atom. The number of benzene rings is 1. The Bertz CT molecular complexity index is 558. The smallest absolute Gasteiger partial charge is 0.243 e. The number of carbonyl (C=O) groups excluding carboxylic acids is 2. The van der Waals surface area contributed by atoms with Crippen LogP contribution in [-0.4, -0.2) is 28.8 Å². The Morgan fingerprint density at radius 3 is 2.17 bits per heavy atom. The van der Waals surface area contributed by atoms with E-state index in [0.29, 0.717) is 28.5 Å². The van der Waals surface area contributed by atoms with Crippen LogP contribution in [-0.2, 0) is 16.1 Å². The zero-order valence-electron chi connectivity index (χ0n) is 14.7. The van der Waals surface area contributed by atoms with Crippen LogP contribution < -0.4 is 5.32 Å². The van der Waals surface area contributed by atoms with E-state index in [-0.39, 0.29) is 24.4 Å². The second-order valence-corrected chi connectivity index (χ2v) is 6.63. The van der Waals surface area contributed by atoms with E-state index in [2.05, 4.69) is 5.32 Å². The van der Waals surface area contributed by atoms with Crippen LogP contribution >= 0.6 is 23.2 Å². The summed E-state index contributed by atoms with van der Waals surface area (Å²) in [6.07, 6.45) is 1.67. The van der Waals surface area contributed by atoms with Gasteiger partial charge in [0.05, 0.1) is 0 Å². The summed E-state index contributed by atoms with van der Waals surface area (Å²) < 4.78 is 0. The highest BCUT2D eigenvalue weighted by atomic mass is 35.5. The first kappa shape index (κ1) is 20.8. The predicted molar refractivity (Wildman–Crippen MR) is 99.3 cm³/mol. The van der Waals surface area contributed by atoms with Crippen molar-refractivity contribution in [3.05, 3.63) is 33.8 Å². The van der Waals surface area contributed by atoms with Crippen molar-refractivity contribution in [1.29, 1.82) is 0 Å². The first-order chi connectivity index (χ1) is 11.3. The molecule has 1 aromatic carbocycles. The molecule has 0 bridgehead atoms. The topological polar surface area (TPSA) is 49.4 Å². The minimum atomic E-state index is -0.543. The van der Waals surface area contributed by atoms with Crippen molar-refractivity contribution in [2.24, 2.45) is 0 Å². The molecule has 0 aliphatic rings. The summed E-state index contributed by atoms with van der Waals surface area (Å²) in [5.74, 6) is -0.242. The van der Waals surface area contributed by atoms with Gasteiger partial charge in [-0.25, -0.2) is 0 Å².